The minimum Gasteiger partial charge on any atom is -0.467 e. The highest BCUT2D eigenvalue weighted by atomic mass is 16.5. The maximum atomic E-state index is 12.4. The number of aromatic nitrogens is 1. The molecule has 156 valence electrons. The lowest BCUT2D eigenvalue weighted by Crippen LogP contribution is -2.36. The van der Waals surface area contributed by atoms with E-state index in [0.717, 1.165) is 48.1 Å². The number of nitrogens with zero attached hydrogens (tertiary/aromatic N) is 1. The van der Waals surface area contributed by atoms with E-state index in [0.29, 0.717) is 12.1 Å². The van der Waals surface area contributed by atoms with Crippen molar-refractivity contribution in [1.29, 1.82) is 0 Å². The van der Waals surface area contributed by atoms with Crippen LogP contribution < -0.4 is 15.8 Å². The van der Waals surface area contributed by atoms with Crippen LogP contribution in [0.4, 0.5) is 11.4 Å². The Morgan fingerprint density at radius 3 is 2.73 bits per heavy atom. The van der Waals surface area contributed by atoms with E-state index in [4.69, 9.17) is 4.74 Å². The molecule has 2 aromatic carbocycles. The first-order valence-corrected chi connectivity index (χ1v) is 10.4. The molecular formula is C24H27N3O3. The number of carbonyl (C=O) groups is 1. The van der Waals surface area contributed by atoms with E-state index < -0.39 is 0 Å². The van der Waals surface area contributed by atoms with Crippen LogP contribution in [0.1, 0.15) is 30.9 Å². The number of H-pyrrole nitrogens is 1. The second kappa shape index (κ2) is 8.61. The van der Waals surface area contributed by atoms with Crippen LogP contribution in [0.3, 0.4) is 0 Å². The second-order valence-electron chi connectivity index (χ2n) is 7.67. The predicted molar refractivity (Wildman–Crippen MR) is 120 cm³/mol. The molecule has 6 nitrogen and oxygen atoms in total. The summed E-state index contributed by atoms with van der Waals surface area (Å²) in [5.74, 6) is -0.184. The molecule has 1 aromatic heterocycles. The minimum atomic E-state index is -0.210. The molecule has 0 bridgehead atoms. The molecule has 0 aliphatic carbocycles. The summed E-state index contributed by atoms with van der Waals surface area (Å²) in [5.41, 5.74) is 4.66. The van der Waals surface area contributed by atoms with Crippen molar-refractivity contribution in [3.05, 3.63) is 70.0 Å². The average molecular weight is 405 g/mol. The third-order valence-corrected chi connectivity index (χ3v) is 5.80. The third-order valence-electron chi connectivity index (χ3n) is 5.80. The monoisotopic (exact) mass is 405 g/mol. The Morgan fingerprint density at radius 2 is 2.00 bits per heavy atom. The Balaban J connectivity index is 1.47. The van der Waals surface area contributed by atoms with Gasteiger partial charge in [0.2, 0.25) is 0 Å². The van der Waals surface area contributed by atoms with Gasteiger partial charge in [-0.05, 0) is 72.7 Å². The highest BCUT2D eigenvalue weighted by Crippen LogP contribution is 2.27. The van der Waals surface area contributed by atoms with Crippen molar-refractivity contribution in [3.63, 3.8) is 0 Å². The van der Waals surface area contributed by atoms with Gasteiger partial charge in [0.1, 0.15) is 6.04 Å². The number of nitrogens with one attached hydrogen (secondary N) is 2. The zero-order valence-corrected chi connectivity index (χ0v) is 17.4. The van der Waals surface area contributed by atoms with Crippen LogP contribution in [0.25, 0.3) is 10.9 Å². The lowest BCUT2D eigenvalue weighted by atomic mass is 10.1. The van der Waals surface area contributed by atoms with Crippen molar-refractivity contribution in [2.45, 2.75) is 38.8 Å². The van der Waals surface area contributed by atoms with Crippen LogP contribution in [0.5, 0.6) is 0 Å². The van der Waals surface area contributed by atoms with Crippen molar-refractivity contribution in [3.8, 4) is 0 Å². The van der Waals surface area contributed by atoms with Crippen LogP contribution in [0.2, 0.25) is 0 Å². The summed E-state index contributed by atoms with van der Waals surface area (Å²) < 4.78 is 4.93. The molecule has 0 amide bonds. The quantitative estimate of drug-likeness (QED) is 0.610. The first kappa shape index (κ1) is 20.0. The Kier molecular flexibility index (Phi) is 5.74. The Bertz CT molecular complexity index is 1100. The number of anilines is 2. The number of benzene rings is 2. The predicted octanol–water partition coefficient (Wildman–Crippen LogP) is 3.84. The molecule has 0 saturated carbocycles. The van der Waals surface area contributed by atoms with Crippen molar-refractivity contribution in [2.24, 2.45) is 0 Å². The van der Waals surface area contributed by atoms with Gasteiger partial charge in [-0.1, -0.05) is 13.0 Å². The van der Waals surface area contributed by atoms with Crippen molar-refractivity contribution < 1.29 is 9.53 Å². The summed E-state index contributed by atoms with van der Waals surface area (Å²) in [7, 11) is 1.43. The lowest BCUT2D eigenvalue weighted by molar-refractivity contribution is -0.141. The number of carbonyl (C=O) groups excluding carboxylic acids is 1. The van der Waals surface area contributed by atoms with Gasteiger partial charge in [-0.25, -0.2) is 4.79 Å². The molecule has 30 heavy (non-hydrogen) atoms. The average Bonchev–Trinajstić information content (AvgIpc) is 3.27. The third kappa shape index (κ3) is 4.03. The molecule has 1 aliphatic heterocycles. The molecular weight excluding hydrogens is 378 g/mol. The number of esters is 1. The highest BCUT2D eigenvalue weighted by Gasteiger charge is 2.31. The summed E-state index contributed by atoms with van der Waals surface area (Å²) in [4.78, 5) is 29.5. The van der Waals surface area contributed by atoms with E-state index >= 15 is 0 Å². The number of methoxy groups -OCH3 is 1. The number of ether oxygens (including phenoxy) is 1. The fraction of sp³-hybridized carbons (Fsp3) is 0.333. The van der Waals surface area contributed by atoms with Crippen LogP contribution in [0, 0.1) is 0 Å². The van der Waals surface area contributed by atoms with Crippen LogP contribution >= 0.6 is 0 Å². The zero-order chi connectivity index (χ0) is 21.1. The van der Waals surface area contributed by atoms with Gasteiger partial charge in [0, 0.05) is 35.5 Å². The lowest BCUT2D eigenvalue weighted by Gasteiger charge is -2.25. The SMILES string of the molecule is CCc1ccc2[nH]c(=O)c(CNc3ccc(N4CCC[C@H]4C(=O)OC)cc3)cc2c1. The zero-order valence-electron chi connectivity index (χ0n) is 17.4. The molecule has 2 heterocycles. The van der Waals surface area contributed by atoms with Gasteiger partial charge in [-0.3, -0.25) is 4.79 Å². The molecule has 1 saturated heterocycles. The maximum absolute atomic E-state index is 12.4. The van der Waals surface area contributed by atoms with E-state index in [2.05, 4.69) is 28.2 Å². The number of fused-ring (bicyclic) bond motifs is 1. The molecule has 4 rings (SSSR count). The molecule has 3 aromatic rings. The van der Waals surface area contributed by atoms with Gasteiger partial charge < -0.3 is 19.9 Å². The first-order valence-electron chi connectivity index (χ1n) is 10.4. The molecule has 2 N–H and O–H groups in total. The van der Waals surface area contributed by atoms with E-state index in [1.54, 1.807) is 0 Å². The van der Waals surface area contributed by atoms with Crippen molar-refractivity contribution in [2.75, 3.05) is 23.9 Å². The molecule has 0 spiro atoms. The smallest absolute Gasteiger partial charge is 0.328 e. The highest BCUT2D eigenvalue weighted by molar-refractivity contribution is 5.81. The Labute approximate surface area is 175 Å². The van der Waals surface area contributed by atoms with E-state index in [1.807, 2.05) is 42.5 Å². The first-order chi connectivity index (χ1) is 14.6. The number of pyridine rings is 1. The van der Waals surface area contributed by atoms with Crippen LogP contribution in [-0.2, 0) is 22.5 Å². The van der Waals surface area contributed by atoms with Crippen molar-refractivity contribution in [1.82, 2.24) is 4.98 Å². The number of aryl methyl sites for hydroxylation is 1. The number of aromatic amines is 1. The summed E-state index contributed by atoms with van der Waals surface area (Å²) in [6, 6.07) is 15.8. The largest absolute Gasteiger partial charge is 0.467 e. The van der Waals surface area contributed by atoms with Crippen molar-refractivity contribution >= 4 is 28.2 Å². The van der Waals surface area contributed by atoms with Gasteiger partial charge in [0.15, 0.2) is 0 Å². The summed E-state index contributed by atoms with van der Waals surface area (Å²) in [5, 5.41) is 4.37. The van der Waals surface area contributed by atoms with Gasteiger partial charge in [0.25, 0.3) is 5.56 Å². The Morgan fingerprint density at radius 1 is 1.20 bits per heavy atom. The van der Waals surface area contributed by atoms with E-state index in [1.165, 1.54) is 12.7 Å². The molecule has 1 atom stereocenters. The topological polar surface area (TPSA) is 74.4 Å². The molecule has 1 fully saturated rings. The number of hydrogen-bond donors (Lipinski definition) is 2. The van der Waals surface area contributed by atoms with Gasteiger partial charge in [0.05, 0.1) is 7.11 Å². The van der Waals surface area contributed by atoms with Crippen LogP contribution in [0.15, 0.2) is 53.3 Å². The number of rotatable bonds is 6. The standard InChI is InChI=1S/C24H27N3O3/c1-3-16-6-11-21-17(13-16)14-18(23(28)26-21)15-25-19-7-9-20(10-8-19)27-12-4-5-22(27)24(29)30-2/h6-11,13-14,22,25H,3-5,12,15H2,1-2H3,(H,26,28)/t22-/m0/s1. The fourth-order valence-corrected chi connectivity index (χ4v) is 4.08. The van der Waals surface area contributed by atoms with Gasteiger partial charge in [-0.2, -0.15) is 0 Å². The van der Waals surface area contributed by atoms with Gasteiger partial charge >= 0.3 is 5.97 Å². The second-order valence-corrected chi connectivity index (χ2v) is 7.67. The fourth-order valence-electron chi connectivity index (χ4n) is 4.08. The summed E-state index contributed by atoms with van der Waals surface area (Å²) >= 11 is 0. The summed E-state index contributed by atoms with van der Waals surface area (Å²) in [6.07, 6.45) is 2.75. The minimum absolute atomic E-state index is 0.0751. The van der Waals surface area contributed by atoms with E-state index in [-0.39, 0.29) is 17.6 Å². The van der Waals surface area contributed by atoms with Crippen LogP contribution in [-0.4, -0.2) is 30.6 Å². The van der Waals surface area contributed by atoms with E-state index in [9.17, 15) is 9.59 Å². The molecule has 0 unspecified atom stereocenters. The maximum Gasteiger partial charge on any atom is 0.328 e. The normalized spacial score (nSPS) is 16.1. The Hall–Kier alpha value is -3.28. The van der Waals surface area contributed by atoms with Gasteiger partial charge in [-0.15, -0.1) is 0 Å². The molecule has 0 radical (unpaired) electrons. The molecule has 1 aliphatic rings. The summed E-state index contributed by atoms with van der Waals surface area (Å²) in [6.45, 7) is 3.41. The molecule has 6 heteroatoms. The number of hydrogen-bond acceptors (Lipinski definition) is 5.